The van der Waals surface area contributed by atoms with E-state index in [2.05, 4.69) is 24.8 Å². The summed E-state index contributed by atoms with van der Waals surface area (Å²) in [6, 6.07) is 6.59. The zero-order valence-electron chi connectivity index (χ0n) is 14.2. The molecule has 0 aromatic heterocycles. The third kappa shape index (κ3) is 3.44. The van der Waals surface area contributed by atoms with Gasteiger partial charge in [-0.05, 0) is 51.4 Å². The lowest BCUT2D eigenvalue weighted by molar-refractivity contribution is -0.133. The maximum atomic E-state index is 12.7. The number of likely N-dealkylation sites (N-methyl/N-ethyl adjacent to an activating group) is 1. The van der Waals surface area contributed by atoms with Crippen LogP contribution in [0.3, 0.4) is 0 Å². The monoisotopic (exact) mass is 318 g/mol. The maximum Gasteiger partial charge on any atom is 0.237 e. The first kappa shape index (κ1) is 16.1. The predicted octanol–water partition coefficient (Wildman–Crippen LogP) is 2.46. The second-order valence-electron chi connectivity index (χ2n) is 6.66. The van der Waals surface area contributed by atoms with Crippen LogP contribution in [0.2, 0.25) is 0 Å². The van der Waals surface area contributed by atoms with Gasteiger partial charge in [0, 0.05) is 12.6 Å². The second-order valence-corrected chi connectivity index (χ2v) is 6.66. The van der Waals surface area contributed by atoms with Gasteiger partial charge < -0.3 is 14.4 Å². The van der Waals surface area contributed by atoms with Crippen LogP contribution >= 0.6 is 0 Å². The van der Waals surface area contributed by atoms with Crippen molar-refractivity contribution in [3.8, 4) is 11.5 Å². The van der Waals surface area contributed by atoms with Crippen molar-refractivity contribution in [2.24, 2.45) is 0 Å². The number of amides is 1. The lowest BCUT2D eigenvalue weighted by Crippen LogP contribution is -2.40. The highest BCUT2D eigenvalue weighted by atomic mass is 16.6. The second kappa shape index (κ2) is 6.79. The third-order valence-corrected chi connectivity index (χ3v) is 4.79. The van der Waals surface area contributed by atoms with E-state index in [0.717, 1.165) is 36.4 Å². The van der Waals surface area contributed by atoms with E-state index in [9.17, 15) is 4.79 Å². The highest BCUT2D eigenvalue weighted by Crippen LogP contribution is 2.38. The van der Waals surface area contributed by atoms with Crippen molar-refractivity contribution in [2.75, 3.05) is 33.4 Å². The van der Waals surface area contributed by atoms with Gasteiger partial charge in [-0.3, -0.25) is 9.69 Å². The van der Waals surface area contributed by atoms with Gasteiger partial charge in [0.1, 0.15) is 13.2 Å². The molecule has 5 heteroatoms. The number of ether oxygens (including phenoxy) is 2. The minimum absolute atomic E-state index is 0.152. The van der Waals surface area contributed by atoms with Crippen LogP contribution in [0.15, 0.2) is 18.2 Å². The smallest absolute Gasteiger partial charge is 0.237 e. The van der Waals surface area contributed by atoms with Crippen LogP contribution in [0.4, 0.5) is 0 Å². The summed E-state index contributed by atoms with van der Waals surface area (Å²) in [4.78, 5) is 16.8. The Morgan fingerprint density at radius 1 is 1.30 bits per heavy atom. The Morgan fingerprint density at radius 2 is 2.04 bits per heavy atom. The normalized spacial score (nSPS) is 20.4. The molecule has 0 radical (unpaired) electrons. The molecule has 1 aromatic carbocycles. The molecule has 126 valence electrons. The Bertz CT molecular complexity index is 573. The van der Waals surface area contributed by atoms with Crippen molar-refractivity contribution in [3.63, 3.8) is 0 Å². The summed E-state index contributed by atoms with van der Waals surface area (Å²) in [5.41, 5.74) is 1.15. The van der Waals surface area contributed by atoms with Gasteiger partial charge in [-0.25, -0.2) is 0 Å². The summed E-state index contributed by atoms with van der Waals surface area (Å²) < 4.78 is 11.3. The van der Waals surface area contributed by atoms with Crippen molar-refractivity contribution in [1.29, 1.82) is 0 Å². The number of likely N-dealkylation sites (tertiary alicyclic amines) is 1. The molecule has 1 fully saturated rings. The Hall–Kier alpha value is -1.75. The molecule has 0 N–H and O–H groups in total. The quantitative estimate of drug-likeness (QED) is 0.855. The molecule has 23 heavy (non-hydrogen) atoms. The van der Waals surface area contributed by atoms with Crippen molar-refractivity contribution >= 4 is 5.91 Å². The fourth-order valence-electron chi connectivity index (χ4n) is 3.17. The van der Waals surface area contributed by atoms with E-state index in [1.807, 2.05) is 24.1 Å². The zero-order chi connectivity index (χ0) is 16.4. The van der Waals surface area contributed by atoms with Crippen LogP contribution in [0, 0.1) is 0 Å². The van der Waals surface area contributed by atoms with E-state index >= 15 is 0 Å². The maximum absolute atomic E-state index is 12.7. The van der Waals surface area contributed by atoms with Gasteiger partial charge >= 0.3 is 0 Å². The Morgan fingerprint density at radius 3 is 2.78 bits per heavy atom. The molecule has 2 aliphatic heterocycles. The molecular weight excluding hydrogens is 292 g/mol. The molecule has 1 atom stereocenters. The molecule has 0 saturated carbocycles. The molecule has 0 bridgehead atoms. The largest absolute Gasteiger partial charge is 0.486 e. The first-order valence-electron chi connectivity index (χ1n) is 8.45. The molecule has 2 heterocycles. The summed E-state index contributed by atoms with van der Waals surface area (Å²) in [6.07, 6.45) is 2.06. The van der Waals surface area contributed by atoms with E-state index in [-0.39, 0.29) is 11.9 Å². The number of benzene rings is 1. The Labute approximate surface area is 138 Å². The van der Waals surface area contributed by atoms with E-state index in [1.165, 1.54) is 0 Å². The summed E-state index contributed by atoms with van der Waals surface area (Å²) in [7, 11) is 2.00. The SMILES string of the molecule is CC(C)N(C)CC(=O)N1CCC[C@@H]1c1ccc2c(c1)OCCO2. The minimum Gasteiger partial charge on any atom is -0.486 e. The zero-order valence-corrected chi connectivity index (χ0v) is 14.2. The molecule has 1 saturated heterocycles. The van der Waals surface area contributed by atoms with E-state index < -0.39 is 0 Å². The van der Waals surface area contributed by atoms with Crippen LogP contribution in [0.1, 0.15) is 38.3 Å². The molecule has 1 amide bonds. The fourth-order valence-corrected chi connectivity index (χ4v) is 3.17. The average Bonchev–Trinajstić information content (AvgIpc) is 3.04. The molecular formula is C18H26N2O3. The van der Waals surface area contributed by atoms with Gasteiger partial charge in [-0.2, -0.15) is 0 Å². The van der Waals surface area contributed by atoms with Crippen molar-refractivity contribution in [2.45, 2.75) is 38.8 Å². The highest BCUT2D eigenvalue weighted by molar-refractivity contribution is 5.79. The number of hydrogen-bond donors (Lipinski definition) is 0. The highest BCUT2D eigenvalue weighted by Gasteiger charge is 2.31. The number of carbonyl (C=O) groups excluding carboxylic acids is 1. The molecule has 0 spiro atoms. The van der Waals surface area contributed by atoms with E-state index in [1.54, 1.807) is 0 Å². The molecule has 3 rings (SSSR count). The summed E-state index contributed by atoms with van der Waals surface area (Å²) in [5, 5.41) is 0. The predicted molar refractivity (Wildman–Crippen MR) is 88.9 cm³/mol. The fraction of sp³-hybridized carbons (Fsp3) is 0.611. The standard InChI is InChI=1S/C18H26N2O3/c1-13(2)19(3)12-18(21)20-8-4-5-15(20)14-6-7-16-17(11-14)23-10-9-22-16/h6-7,11,13,15H,4-5,8-10,12H2,1-3H3/t15-/m1/s1. The topological polar surface area (TPSA) is 42.0 Å². The lowest BCUT2D eigenvalue weighted by atomic mass is 10.0. The van der Waals surface area contributed by atoms with Crippen molar-refractivity contribution < 1.29 is 14.3 Å². The van der Waals surface area contributed by atoms with Gasteiger partial charge in [0.15, 0.2) is 11.5 Å². The van der Waals surface area contributed by atoms with Crippen LogP contribution in [0.5, 0.6) is 11.5 Å². The van der Waals surface area contributed by atoms with Crippen LogP contribution in [-0.2, 0) is 4.79 Å². The van der Waals surface area contributed by atoms with Crippen LogP contribution in [-0.4, -0.2) is 55.1 Å². The number of rotatable bonds is 4. The lowest BCUT2D eigenvalue weighted by Gasteiger charge is -2.29. The first-order valence-corrected chi connectivity index (χ1v) is 8.45. The Balaban J connectivity index is 1.75. The van der Waals surface area contributed by atoms with Gasteiger partial charge in [-0.15, -0.1) is 0 Å². The van der Waals surface area contributed by atoms with Gasteiger partial charge in [0.05, 0.1) is 12.6 Å². The van der Waals surface area contributed by atoms with Crippen LogP contribution in [0.25, 0.3) is 0 Å². The molecule has 0 aliphatic carbocycles. The number of fused-ring (bicyclic) bond motifs is 1. The molecule has 0 unspecified atom stereocenters. The Kier molecular flexibility index (Phi) is 4.76. The summed E-state index contributed by atoms with van der Waals surface area (Å²) in [5.74, 6) is 1.81. The van der Waals surface area contributed by atoms with Crippen molar-refractivity contribution in [3.05, 3.63) is 23.8 Å². The minimum atomic E-state index is 0.152. The number of hydrogen-bond acceptors (Lipinski definition) is 4. The van der Waals surface area contributed by atoms with E-state index in [0.29, 0.717) is 25.8 Å². The van der Waals surface area contributed by atoms with Crippen molar-refractivity contribution in [1.82, 2.24) is 9.80 Å². The first-order chi connectivity index (χ1) is 11.1. The molecule has 2 aliphatic rings. The number of carbonyl (C=O) groups is 1. The van der Waals surface area contributed by atoms with Gasteiger partial charge in [0.25, 0.3) is 0 Å². The van der Waals surface area contributed by atoms with Gasteiger partial charge in [0.2, 0.25) is 5.91 Å². The van der Waals surface area contributed by atoms with Gasteiger partial charge in [-0.1, -0.05) is 6.07 Å². The molecule has 1 aromatic rings. The third-order valence-electron chi connectivity index (χ3n) is 4.79. The summed E-state index contributed by atoms with van der Waals surface area (Å²) in [6.45, 7) is 6.71. The summed E-state index contributed by atoms with van der Waals surface area (Å²) >= 11 is 0. The molecule has 5 nitrogen and oxygen atoms in total. The average molecular weight is 318 g/mol. The van der Waals surface area contributed by atoms with Crippen LogP contribution < -0.4 is 9.47 Å². The number of nitrogens with zero attached hydrogens (tertiary/aromatic N) is 2. The van der Waals surface area contributed by atoms with E-state index in [4.69, 9.17) is 9.47 Å².